The lowest BCUT2D eigenvalue weighted by atomic mass is 10.2. The average Bonchev–Trinajstić information content (AvgIpc) is 2.69. The van der Waals surface area contributed by atoms with Crippen molar-refractivity contribution in [3.63, 3.8) is 0 Å². The molecule has 0 saturated carbocycles. The minimum absolute atomic E-state index is 0.143. The number of rotatable bonds is 6. The van der Waals surface area contributed by atoms with E-state index in [-0.39, 0.29) is 5.91 Å². The largest absolute Gasteiger partial charge is 0.481 e. The van der Waals surface area contributed by atoms with E-state index in [1.807, 2.05) is 72.8 Å². The predicted molar refractivity (Wildman–Crippen MR) is 106 cm³/mol. The Labute approximate surface area is 161 Å². The molecule has 0 aliphatic heterocycles. The summed E-state index contributed by atoms with van der Waals surface area (Å²) in [7, 11) is 0. The van der Waals surface area contributed by atoms with Gasteiger partial charge in [-0.1, -0.05) is 52.3 Å². The van der Waals surface area contributed by atoms with Crippen LogP contribution in [0.25, 0.3) is 0 Å². The fourth-order valence-corrected chi connectivity index (χ4v) is 2.80. The summed E-state index contributed by atoms with van der Waals surface area (Å²) in [6.07, 6.45) is 1.04. The van der Waals surface area contributed by atoms with Crippen LogP contribution >= 0.6 is 15.9 Å². The maximum absolute atomic E-state index is 13.1. The van der Waals surface area contributed by atoms with E-state index < -0.39 is 6.10 Å². The van der Waals surface area contributed by atoms with Gasteiger partial charge in [0.1, 0.15) is 11.6 Å². The molecular weight excluding hydrogens is 392 g/mol. The Morgan fingerprint density at radius 2 is 1.73 bits per heavy atom. The van der Waals surface area contributed by atoms with Gasteiger partial charge in [-0.2, -0.15) is 0 Å². The van der Waals surface area contributed by atoms with Gasteiger partial charge in [0.15, 0.2) is 6.10 Å². The van der Waals surface area contributed by atoms with E-state index in [2.05, 4.69) is 20.9 Å². The van der Waals surface area contributed by atoms with Crippen LogP contribution in [-0.2, 0) is 11.3 Å². The zero-order chi connectivity index (χ0) is 18.4. The van der Waals surface area contributed by atoms with Gasteiger partial charge in [-0.3, -0.25) is 9.69 Å². The summed E-state index contributed by atoms with van der Waals surface area (Å²) < 4.78 is 6.79. The zero-order valence-corrected chi connectivity index (χ0v) is 16.0. The lowest BCUT2D eigenvalue weighted by molar-refractivity contribution is -0.124. The molecule has 3 aromatic rings. The second-order valence-electron chi connectivity index (χ2n) is 5.81. The van der Waals surface area contributed by atoms with Gasteiger partial charge in [0, 0.05) is 10.7 Å². The van der Waals surface area contributed by atoms with Crippen molar-refractivity contribution >= 4 is 27.7 Å². The monoisotopic (exact) mass is 410 g/mol. The smallest absolute Gasteiger partial charge is 0.269 e. The first-order valence-electron chi connectivity index (χ1n) is 8.32. The molecule has 0 radical (unpaired) electrons. The average molecular weight is 411 g/mol. The van der Waals surface area contributed by atoms with E-state index in [0.717, 1.165) is 10.0 Å². The molecule has 0 spiro atoms. The number of hydrogen-bond donors (Lipinski definition) is 0. The summed E-state index contributed by atoms with van der Waals surface area (Å²) in [5.74, 6) is 1.11. The number of aromatic nitrogens is 1. The van der Waals surface area contributed by atoms with Crippen molar-refractivity contribution < 1.29 is 9.53 Å². The third kappa shape index (κ3) is 4.70. The van der Waals surface area contributed by atoms with Gasteiger partial charge in [-0.15, -0.1) is 0 Å². The summed E-state index contributed by atoms with van der Waals surface area (Å²) in [4.78, 5) is 19.1. The Morgan fingerprint density at radius 1 is 1.04 bits per heavy atom. The lowest BCUT2D eigenvalue weighted by Crippen LogP contribution is -2.40. The number of hydrogen-bond acceptors (Lipinski definition) is 3. The first-order chi connectivity index (χ1) is 12.6. The van der Waals surface area contributed by atoms with Gasteiger partial charge in [-0.05, 0) is 48.9 Å². The van der Waals surface area contributed by atoms with Crippen molar-refractivity contribution in [1.29, 1.82) is 0 Å². The molecule has 0 bridgehead atoms. The number of benzene rings is 2. The number of halogens is 1. The maximum Gasteiger partial charge on any atom is 0.269 e. The normalized spacial score (nSPS) is 11.6. The fourth-order valence-electron chi connectivity index (χ4n) is 2.54. The first-order valence-corrected chi connectivity index (χ1v) is 9.11. The maximum atomic E-state index is 13.1. The van der Waals surface area contributed by atoms with Gasteiger partial charge in [0.2, 0.25) is 0 Å². The van der Waals surface area contributed by atoms with E-state index in [4.69, 9.17) is 4.74 Å². The third-order valence-electron chi connectivity index (χ3n) is 3.85. The topological polar surface area (TPSA) is 42.4 Å². The van der Waals surface area contributed by atoms with Crippen molar-refractivity contribution in [2.45, 2.75) is 19.6 Å². The highest BCUT2D eigenvalue weighted by Gasteiger charge is 2.24. The number of carbonyl (C=O) groups excluding carboxylic acids is 1. The van der Waals surface area contributed by atoms with Crippen molar-refractivity contribution in [3.05, 3.63) is 89.0 Å². The molecule has 0 N–H and O–H groups in total. The molecule has 4 nitrogen and oxygen atoms in total. The molecule has 2 aromatic carbocycles. The summed E-state index contributed by atoms with van der Waals surface area (Å²) in [6.45, 7) is 2.19. The fraction of sp³-hybridized carbons (Fsp3) is 0.143. The van der Waals surface area contributed by atoms with Crippen LogP contribution in [0.15, 0.2) is 83.5 Å². The molecule has 1 aromatic heterocycles. The predicted octanol–water partition coefficient (Wildman–Crippen LogP) is 4.84. The molecule has 1 heterocycles. The van der Waals surface area contributed by atoms with E-state index in [1.54, 1.807) is 18.0 Å². The van der Waals surface area contributed by atoms with Crippen LogP contribution in [0.4, 0.5) is 5.82 Å². The van der Waals surface area contributed by atoms with Crippen LogP contribution in [0.2, 0.25) is 0 Å². The van der Waals surface area contributed by atoms with Crippen LogP contribution in [-0.4, -0.2) is 17.0 Å². The van der Waals surface area contributed by atoms with Gasteiger partial charge >= 0.3 is 0 Å². The van der Waals surface area contributed by atoms with Gasteiger partial charge in [0.25, 0.3) is 5.91 Å². The van der Waals surface area contributed by atoms with Crippen molar-refractivity contribution in [1.82, 2.24) is 4.98 Å². The quantitative estimate of drug-likeness (QED) is 0.583. The van der Waals surface area contributed by atoms with Crippen LogP contribution in [0.1, 0.15) is 12.5 Å². The van der Waals surface area contributed by atoms with E-state index in [9.17, 15) is 4.79 Å². The van der Waals surface area contributed by atoms with Crippen LogP contribution in [0, 0.1) is 0 Å². The first kappa shape index (κ1) is 18.1. The number of nitrogens with zero attached hydrogens (tertiary/aromatic N) is 2. The van der Waals surface area contributed by atoms with Crippen molar-refractivity contribution in [2.75, 3.05) is 4.90 Å². The van der Waals surface area contributed by atoms with Crippen LogP contribution in [0.3, 0.4) is 0 Å². The molecule has 1 unspecified atom stereocenters. The zero-order valence-electron chi connectivity index (χ0n) is 14.4. The molecule has 0 aliphatic rings. The van der Waals surface area contributed by atoms with Crippen molar-refractivity contribution in [3.8, 4) is 5.75 Å². The van der Waals surface area contributed by atoms with Crippen LogP contribution in [0.5, 0.6) is 5.75 Å². The Morgan fingerprint density at radius 3 is 2.38 bits per heavy atom. The van der Waals surface area contributed by atoms with E-state index in [0.29, 0.717) is 18.1 Å². The van der Waals surface area contributed by atoms with Crippen molar-refractivity contribution in [2.24, 2.45) is 0 Å². The summed E-state index contributed by atoms with van der Waals surface area (Å²) in [5, 5.41) is 0. The molecular formula is C21H19BrN2O2. The molecule has 3 rings (SSSR count). The summed E-state index contributed by atoms with van der Waals surface area (Å²) in [5.41, 5.74) is 1.03. The molecule has 1 amide bonds. The van der Waals surface area contributed by atoms with Gasteiger partial charge in [-0.25, -0.2) is 4.98 Å². The van der Waals surface area contributed by atoms with E-state index in [1.165, 1.54) is 0 Å². The minimum atomic E-state index is -0.637. The van der Waals surface area contributed by atoms with Gasteiger partial charge < -0.3 is 4.74 Å². The summed E-state index contributed by atoms with van der Waals surface area (Å²) >= 11 is 3.39. The number of amides is 1. The number of carbonyl (C=O) groups is 1. The molecule has 0 saturated heterocycles. The van der Waals surface area contributed by atoms with E-state index >= 15 is 0 Å². The Kier molecular flexibility index (Phi) is 6.02. The third-order valence-corrected chi connectivity index (χ3v) is 4.38. The second-order valence-corrected chi connectivity index (χ2v) is 6.73. The number of anilines is 1. The number of ether oxygens (including phenoxy) is 1. The molecule has 132 valence electrons. The lowest BCUT2D eigenvalue weighted by Gasteiger charge is -2.25. The molecule has 0 fully saturated rings. The number of pyridine rings is 1. The SMILES string of the molecule is CC(Oc1ccc(Br)cc1)C(=O)N(Cc1ccccc1)c1ccccn1. The standard InChI is InChI=1S/C21H19BrN2O2/c1-16(26-19-12-10-18(22)11-13-19)21(25)24(20-9-5-6-14-23-20)15-17-7-3-2-4-8-17/h2-14,16H,15H2,1H3. The molecule has 1 atom stereocenters. The van der Waals surface area contributed by atoms with Gasteiger partial charge in [0.05, 0.1) is 6.54 Å². The minimum Gasteiger partial charge on any atom is -0.481 e. The Hall–Kier alpha value is -2.66. The molecule has 26 heavy (non-hydrogen) atoms. The van der Waals surface area contributed by atoms with Crippen LogP contribution < -0.4 is 9.64 Å². The second kappa shape index (κ2) is 8.63. The molecule has 5 heteroatoms. The Balaban J connectivity index is 1.80. The summed E-state index contributed by atoms with van der Waals surface area (Å²) in [6, 6.07) is 22.8. The molecule has 0 aliphatic carbocycles. The Bertz CT molecular complexity index is 839. The highest BCUT2D eigenvalue weighted by atomic mass is 79.9. The highest BCUT2D eigenvalue weighted by molar-refractivity contribution is 9.10. The highest BCUT2D eigenvalue weighted by Crippen LogP contribution is 2.20.